The zero-order valence-electron chi connectivity index (χ0n) is 6.32. The summed E-state index contributed by atoms with van der Waals surface area (Å²) in [4.78, 5) is 20.4. The van der Waals surface area contributed by atoms with Crippen molar-refractivity contribution in [2.24, 2.45) is 0 Å². The molecule has 4 N–H and O–H groups in total. The SMILES string of the molecule is O=C(O)C(O)C(O)C(O)C1OC1=O. The van der Waals surface area contributed by atoms with Crippen molar-refractivity contribution < 1.29 is 34.8 Å². The Morgan fingerprint density at radius 3 is 2.15 bits per heavy atom. The molecular weight excluding hydrogens is 184 g/mol. The maximum atomic E-state index is 10.3. The molecule has 0 saturated carbocycles. The van der Waals surface area contributed by atoms with Crippen LogP contribution in [0.25, 0.3) is 0 Å². The summed E-state index contributed by atoms with van der Waals surface area (Å²) in [5.74, 6) is -2.41. The fourth-order valence-electron chi connectivity index (χ4n) is 0.812. The number of carbonyl (C=O) groups is 2. The van der Waals surface area contributed by atoms with Gasteiger partial charge in [-0.3, -0.25) is 0 Å². The molecule has 0 aromatic rings. The molecule has 4 atom stereocenters. The number of aliphatic hydroxyl groups is 3. The van der Waals surface area contributed by atoms with Crippen molar-refractivity contribution in [1.29, 1.82) is 0 Å². The van der Waals surface area contributed by atoms with Crippen LogP contribution in [0, 0.1) is 0 Å². The summed E-state index contributed by atoms with van der Waals surface area (Å²) in [5, 5.41) is 35.0. The molecule has 0 aliphatic carbocycles. The average Bonchev–Trinajstić information content (AvgIpc) is 2.78. The van der Waals surface area contributed by atoms with E-state index in [9.17, 15) is 9.59 Å². The second-order valence-corrected chi connectivity index (χ2v) is 2.62. The van der Waals surface area contributed by atoms with Crippen molar-refractivity contribution in [2.75, 3.05) is 0 Å². The van der Waals surface area contributed by atoms with Gasteiger partial charge < -0.3 is 25.2 Å². The zero-order chi connectivity index (χ0) is 10.2. The Kier molecular flexibility index (Phi) is 2.50. The minimum absolute atomic E-state index is 0.732. The van der Waals surface area contributed by atoms with E-state index >= 15 is 0 Å². The summed E-state index contributed by atoms with van der Waals surface area (Å²) in [5.41, 5.74) is 0. The topological polar surface area (TPSA) is 128 Å². The molecule has 7 nitrogen and oxygen atoms in total. The molecule has 13 heavy (non-hydrogen) atoms. The number of aliphatic carboxylic acids is 1. The van der Waals surface area contributed by atoms with E-state index < -0.39 is 36.4 Å². The van der Waals surface area contributed by atoms with Crippen molar-refractivity contribution >= 4 is 11.9 Å². The molecule has 1 saturated heterocycles. The molecule has 0 aromatic carbocycles. The predicted octanol–water partition coefficient (Wildman–Crippen LogP) is -2.92. The van der Waals surface area contributed by atoms with Gasteiger partial charge in [-0.05, 0) is 0 Å². The van der Waals surface area contributed by atoms with Crippen LogP contribution in [-0.2, 0) is 14.3 Å². The first-order valence-corrected chi connectivity index (χ1v) is 3.42. The van der Waals surface area contributed by atoms with Crippen LogP contribution < -0.4 is 0 Å². The molecule has 1 aliphatic rings. The maximum absolute atomic E-state index is 10.3. The third-order valence-electron chi connectivity index (χ3n) is 1.65. The second-order valence-electron chi connectivity index (χ2n) is 2.62. The second kappa shape index (κ2) is 3.29. The van der Waals surface area contributed by atoms with Gasteiger partial charge in [-0.15, -0.1) is 0 Å². The standard InChI is InChI=1S/C6H8O7/c7-1(3(9)5(10)11)2(8)4-6(12)13-4/h1-4,7-9H,(H,10,11). The van der Waals surface area contributed by atoms with Crippen LogP contribution in [0.5, 0.6) is 0 Å². The third-order valence-corrected chi connectivity index (χ3v) is 1.65. The summed E-state index contributed by atoms with van der Waals surface area (Å²) in [7, 11) is 0. The monoisotopic (exact) mass is 192 g/mol. The lowest BCUT2D eigenvalue weighted by atomic mass is 10.1. The van der Waals surface area contributed by atoms with Crippen LogP contribution in [0.4, 0.5) is 0 Å². The third kappa shape index (κ3) is 1.94. The van der Waals surface area contributed by atoms with E-state index in [1.165, 1.54) is 0 Å². The van der Waals surface area contributed by atoms with Gasteiger partial charge in [-0.2, -0.15) is 0 Å². The highest BCUT2D eigenvalue weighted by molar-refractivity contribution is 5.88. The number of hydrogen-bond acceptors (Lipinski definition) is 6. The quantitative estimate of drug-likeness (QED) is 0.351. The number of aliphatic hydroxyl groups excluding tert-OH is 3. The van der Waals surface area contributed by atoms with Gasteiger partial charge >= 0.3 is 11.9 Å². The fourth-order valence-corrected chi connectivity index (χ4v) is 0.812. The molecule has 4 unspecified atom stereocenters. The van der Waals surface area contributed by atoms with E-state index in [-0.39, 0.29) is 0 Å². The molecule has 7 heteroatoms. The Morgan fingerprint density at radius 1 is 1.38 bits per heavy atom. The minimum Gasteiger partial charge on any atom is -0.479 e. The Hall–Kier alpha value is -1.18. The van der Waals surface area contributed by atoms with Crippen molar-refractivity contribution in [3.05, 3.63) is 0 Å². The number of ether oxygens (including phenoxy) is 1. The number of carbonyl (C=O) groups excluding carboxylic acids is 1. The summed E-state index contributed by atoms with van der Waals surface area (Å²) in [6.45, 7) is 0. The molecule has 1 heterocycles. The molecule has 1 aliphatic heterocycles. The summed E-state index contributed by atoms with van der Waals surface area (Å²) >= 11 is 0. The Labute approximate surface area is 72.2 Å². The highest BCUT2D eigenvalue weighted by atomic mass is 16.7. The highest BCUT2D eigenvalue weighted by Crippen LogP contribution is 2.20. The first-order valence-electron chi connectivity index (χ1n) is 3.42. The van der Waals surface area contributed by atoms with Crippen molar-refractivity contribution in [1.82, 2.24) is 0 Å². The van der Waals surface area contributed by atoms with Gasteiger partial charge in [-0.1, -0.05) is 0 Å². The Bertz CT molecular complexity index is 237. The summed E-state index contributed by atoms with van der Waals surface area (Å²) < 4.78 is 4.18. The first kappa shape index (κ1) is 9.90. The number of hydrogen-bond donors (Lipinski definition) is 4. The molecule has 0 spiro atoms. The van der Waals surface area contributed by atoms with E-state index in [1.54, 1.807) is 0 Å². The van der Waals surface area contributed by atoms with E-state index in [4.69, 9.17) is 20.4 Å². The van der Waals surface area contributed by atoms with Gasteiger partial charge in [0.2, 0.25) is 6.10 Å². The van der Waals surface area contributed by atoms with Gasteiger partial charge in [0.1, 0.15) is 12.2 Å². The fraction of sp³-hybridized carbons (Fsp3) is 0.667. The van der Waals surface area contributed by atoms with Crippen LogP contribution >= 0.6 is 0 Å². The van der Waals surface area contributed by atoms with Gasteiger partial charge in [0.15, 0.2) is 6.10 Å². The van der Waals surface area contributed by atoms with E-state index in [1.807, 2.05) is 0 Å². The lowest BCUT2D eigenvalue weighted by Gasteiger charge is -2.16. The van der Waals surface area contributed by atoms with Crippen LogP contribution in [0.15, 0.2) is 0 Å². The molecule has 74 valence electrons. The molecular formula is C6H8O7. The average molecular weight is 192 g/mol. The zero-order valence-corrected chi connectivity index (χ0v) is 6.32. The maximum Gasteiger partial charge on any atom is 0.351 e. The Morgan fingerprint density at radius 2 is 1.85 bits per heavy atom. The van der Waals surface area contributed by atoms with Crippen LogP contribution in [-0.4, -0.2) is 56.8 Å². The summed E-state index contributed by atoms with van der Waals surface area (Å²) in [6, 6.07) is 0. The van der Waals surface area contributed by atoms with E-state index in [2.05, 4.69) is 4.74 Å². The van der Waals surface area contributed by atoms with Gasteiger partial charge in [0.05, 0.1) is 0 Å². The minimum atomic E-state index is -2.13. The largest absolute Gasteiger partial charge is 0.479 e. The van der Waals surface area contributed by atoms with Crippen LogP contribution in [0.3, 0.4) is 0 Å². The number of epoxide rings is 1. The lowest BCUT2D eigenvalue weighted by molar-refractivity contribution is -0.158. The summed E-state index contributed by atoms with van der Waals surface area (Å²) in [6.07, 6.45) is -7.00. The van der Waals surface area contributed by atoms with E-state index in [0.29, 0.717) is 0 Å². The molecule has 0 aromatic heterocycles. The van der Waals surface area contributed by atoms with Crippen molar-refractivity contribution in [3.8, 4) is 0 Å². The van der Waals surface area contributed by atoms with Crippen LogP contribution in [0.2, 0.25) is 0 Å². The number of cyclic esters (lactones) is 1. The van der Waals surface area contributed by atoms with Crippen molar-refractivity contribution in [3.63, 3.8) is 0 Å². The predicted molar refractivity (Wildman–Crippen MR) is 35.5 cm³/mol. The van der Waals surface area contributed by atoms with Gasteiger partial charge in [-0.25, -0.2) is 9.59 Å². The van der Waals surface area contributed by atoms with Crippen LogP contribution in [0.1, 0.15) is 0 Å². The van der Waals surface area contributed by atoms with Gasteiger partial charge in [0, 0.05) is 0 Å². The molecule has 0 bridgehead atoms. The molecule has 1 rings (SSSR count). The first-order chi connectivity index (χ1) is 5.95. The molecule has 1 fully saturated rings. The van der Waals surface area contributed by atoms with Gasteiger partial charge in [0.25, 0.3) is 0 Å². The van der Waals surface area contributed by atoms with E-state index in [0.717, 1.165) is 0 Å². The smallest absolute Gasteiger partial charge is 0.351 e. The normalized spacial score (nSPS) is 27.3. The highest BCUT2D eigenvalue weighted by Gasteiger charge is 2.50. The van der Waals surface area contributed by atoms with Crippen molar-refractivity contribution in [2.45, 2.75) is 24.4 Å². The molecule has 0 amide bonds. The molecule has 0 radical (unpaired) electrons. The number of rotatable bonds is 4. The number of carboxylic acid groups (broad SMARTS) is 1. The number of carboxylic acids is 1. The Balaban J connectivity index is 2.51. The lowest BCUT2D eigenvalue weighted by Crippen LogP contribution is -2.44.